The van der Waals surface area contributed by atoms with Gasteiger partial charge in [-0.3, -0.25) is 0 Å². The van der Waals surface area contributed by atoms with E-state index in [-0.39, 0.29) is 5.82 Å². The third-order valence-corrected chi connectivity index (χ3v) is 3.92. The molecule has 0 atom stereocenters. The van der Waals surface area contributed by atoms with Crippen LogP contribution in [0.2, 0.25) is 0 Å². The summed E-state index contributed by atoms with van der Waals surface area (Å²) in [5.74, 6) is -0.268. The Balaban J connectivity index is 2.27. The number of nitrogens with zero attached hydrogens (tertiary/aromatic N) is 2. The highest BCUT2D eigenvalue weighted by Crippen LogP contribution is 2.31. The number of nitrogens with one attached hydrogen (secondary N) is 1. The lowest BCUT2D eigenvalue weighted by molar-refractivity contribution is 0.628. The van der Waals surface area contributed by atoms with Crippen LogP contribution in [0.15, 0.2) is 22.7 Å². The Morgan fingerprint density at radius 3 is 3.00 bits per heavy atom. The molecule has 90 valence electrons. The maximum atomic E-state index is 13.2. The van der Waals surface area contributed by atoms with Gasteiger partial charge in [0.1, 0.15) is 15.8 Å². The SMILES string of the molecule is CNCCc1nnc(-c2cc(F)ccc2Br)s1. The molecule has 1 N–H and O–H groups in total. The maximum Gasteiger partial charge on any atom is 0.149 e. The van der Waals surface area contributed by atoms with Crippen molar-refractivity contribution in [3.63, 3.8) is 0 Å². The molecule has 0 aliphatic carbocycles. The van der Waals surface area contributed by atoms with E-state index in [4.69, 9.17) is 0 Å². The molecule has 0 amide bonds. The van der Waals surface area contributed by atoms with Crippen molar-refractivity contribution in [3.8, 4) is 10.6 Å². The van der Waals surface area contributed by atoms with Crippen LogP contribution in [0.1, 0.15) is 5.01 Å². The molecule has 1 heterocycles. The molecule has 3 nitrogen and oxygen atoms in total. The minimum absolute atomic E-state index is 0.268. The van der Waals surface area contributed by atoms with Gasteiger partial charge in [-0.25, -0.2) is 4.39 Å². The fourth-order valence-electron chi connectivity index (χ4n) is 1.36. The summed E-state index contributed by atoms with van der Waals surface area (Å²) >= 11 is 4.88. The fraction of sp³-hybridized carbons (Fsp3) is 0.273. The van der Waals surface area contributed by atoms with Gasteiger partial charge in [0.25, 0.3) is 0 Å². The predicted molar refractivity (Wildman–Crippen MR) is 70.6 cm³/mol. The van der Waals surface area contributed by atoms with Gasteiger partial charge in [0.05, 0.1) is 0 Å². The van der Waals surface area contributed by atoms with Gasteiger partial charge in [0, 0.05) is 23.0 Å². The largest absolute Gasteiger partial charge is 0.319 e. The summed E-state index contributed by atoms with van der Waals surface area (Å²) in [5.41, 5.74) is 0.748. The number of likely N-dealkylation sites (N-methyl/N-ethyl adjacent to an activating group) is 1. The zero-order chi connectivity index (χ0) is 12.3. The van der Waals surface area contributed by atoms with Crippen molar-refractivity contribution in [2.75, 3.05) is 13.6 Å². The van der Waals surface area contributed by atoms with E-state index in [0.717, 1.165) is 33.0 Å². The molecule has 1 aromatic carbocycles. The molecular formula is C11H11BrFN3S. The van der Waals surface area contributed by atoms with E-state index in [0.29, 0.717) is 0 Å². The van der Waals surface area contributed by atoms with Crippen molar-refractivity contribution in [2.24, 2.45) is 0 Å². The van der Waals surface area contributed by atoms with Crippen LogP contribution < -0.4 is 5.32 Å². The summed E-state index contributed by atoms with van der Waals surface area (Å²) in [5, 5.41) is 12.9. The van der Waals surface area contributed by atoms with Crippen molar-refractivity contribution < 1.29 is 4.39 Å². The average Bonchev–Trinajstić information content (AvgIpc) is 2.78. The van der Waals surface area contributed by atoms with E-state index < -0.39 is 0 Å². The van der Waals surface area contributed by atoms with Gasteiger partial charge in [-0.2, -0.15) is 0 Å². The minimum atomic E-state index is -0.268. The van der Waals surface area contributed by atoms with E-state index in [1.54, 1.807) is 6.07 Å². The van der Waals surface area contributed by atoms with Crippen molar-refractivity contribution in [2.45, 2.75) is 6.42 Å². The molecule has 0 aliphatic heterocycles. The van der Waals surface area contributed by atoms with Gasteiger partial charge in [-0.05, 0) is 25.2 Å². The second-order valence-corrected chi connectivity index (χ2v) is 5.40. The molecule has 17 heavy (non-hydrogen) atoms. The Labute approximate surface area is 111 Å². The van der Waals surface area contributed by atoms with Gasteiger partial charge in [-0.1, -0.05) is 27.3 Å². The minimum Gasteiger partial charge on any atom is -0.319 e. The van der Waals surface area contributed by atoms with Crippen LogP contribution in [0.25, 0.3) is 10.6 Å². The smallest absolute Gasteiger partial charge is 0.149 e. The van der Waals surface area contributed by atoms with Crippen LogP contribution in [0.4, 0.5) is 4.39 Å². The van der Waals surface area contributed by atoms with Crippen molar-refractivity contribution in [3.05, 3.63) is 33.5 Å². The van der Waals surface area contributed by atoms with Crippen molar-refractivity contribution in [1.82, 2.24) is 15.5 Å². The monoisotopic (exact) mass is 315 g/mol. The molecule has 0 saturated carbocycles. The average molecular weight is 316 g/mol. The first-order valence-corrected chi connectivity index (χ1v) is 6.74. The first-order valence-electron chi connectivity index (χ1n) is 5.13. The van der Waals surface area contributed by atoms with Crippen molar-refractivity contribution in [1.29, 1.82) is 0 Å². The quantitative estimate of drug-likeness (QED) is 0.942. The maximum absolute atomic E-state index is 13.2. The Morgan fingerprint density at radius 2 is 2.24 bits per heavy atom. The summed E-state index contributed by atoms with van der Waals surface area (Å²) in [4.78, 5) is 0. The van der Waals surface area contributed by atoms with E-state index in [1.165, 1.54) is 23.5 Å². The number of halogens is 2. The molecule has 0 saturated heterocycles. The number of rotatable bonds is 4. The Kier molecular flexibility index (Phi) is 4.20. The van der Waals surface area contributed by atoms with Crippen LogP contribution in [0.3, 0.4) is 0 Å². The Morgan fingerprint density at radius 1 is 1.41 bits per heavy atom. The van der Waals surface area contributed by atoms with E-state index in [9.17, 15) is 4.39 Å². The molecule has 2 rings (SSSR count). The lowest BCUT2D eigenvalue weighted by Gasteiger charge is -1.99. The molecule has 0 unspecified atom stereocenters. The highest BCUT2D eigenvalue weighted by molar-refractivity contribution is 9.10. The number of hydrogen-bond acceptors (Lipinski definition) is 4. The molecule has 0 spiro atoms. The molecular weight excluding hydrogens is 305 g/mol. The lowest BCUT2D eigenvalue weighted by Crippen LogP contribution is -2.09. The summed E-state index contributed by atoms with van der Waals surface area (Å²) in [6.07, 6.45) is 0.834. The van der Waals surface area contributed by atoms with Gasteiger partial charge >= 0.3 is 0 Å². The standard InChI is InChI=1S/C11H11BrFN3S/c1-14-5-4-10-15-16-11(17-10)8-6-7(13)2-3-9(8)12/h2-3,6,14H,4-5H2,1H3. The molecule has 0 bridgehead atoms. The summed E-state index contributed by atoms with van der Waals surface area (Å²) in [6.45, 7) is 0.860. The third-order valence-electron chi connectivity index (χ3n) is 2.21. The molecule has 1 aromatic heterocycles. The topological polar surface area (TPSA) is 37.8 Å². The van der Waals surface area contributed by atoms with Gasteiger partial charge in [0.15, 0.2) is 0 Å². The first kappa shape index (κ1) is 12.6. The molecule has 6 heteroatoms. The van der Waals surface area contributed by atoms with Crippen LogP contribution >= 0.6 is 27.3 Å². The van der Waals surface area contributed by atoms with Crippen LogP contribution in [-0.2, 0) is 6.42 Å². The summed E-state index contributed by atoms with van der Waals surface area (Å²) in [7, 11) is 1.89. The Bertz CT molecular complexity index is 515. The summed E-state index contributed by atoms with van der Waals surface area (Å²) < 4.78 is 14.0. The molecule has 2 aromatic rings. The van der Waals surface area contributed by atoms with Crippen LogP contribution in [-0.4, -0.2) is 23.8 Å². The second kappa shape index (κ2) is 5.66. The zero-order valence-electron chi connectivity index (χ0n) is 9.20. The number of aromatic nitrogens is 2. The van der Waals surface area contributed by atoms with E-state index in [2.05, 4.69) is 31.4 Å². The summed E-state index contributed by atoms with van der Waals surface area (Å²) in [6, 6.07) is 4.56. The number of hydrogen-bond donors (Lipinski definition) is 1. The fourth-order valence-corrected chi connectivity index (χ4v) is 2.79. The molecule has 0 radical (unpaired) electrons. The van der Waals surface area contributed by atoms with Crippen LogP contribution in [0.5, 0.6) is 0 Å². The first-order chi connectivity index (χ1) is 8.20. The van der Waals surface area contributed by atoms with Crippen molar-refractivity contribution >= 4 is 27.3 Å². The van der Waals surface area contributed by atoms with Gasteiger partial charge < -0.3 is 5.32 Å². The zero-order valence-corrected chi connectivity index (χ0v) is 11.6. The third kappa shape index (κ3) is 3.08. The normalized spacial score (nSPS) is 10.8. The lowest BCUT2D eigenvalue weighted by atomic mass is 10.2. The van der Waals surface area contributed by atoms with Crippen LogP contribution in [0, 0.1) is 5.82 Å². The predicted octanol–water partition coefficient (Wildman–Crippen LogP) is 2.87. The molecule has 0 aliphatic rings. The highest BCUT2D eigenvalue weighted by Gasteiger charge is 2.10. The number of benzene rings is 1. The van der Waals surface area contributed by atoms with Gasteiger partial charge in [0.2, 0.25) is 0 Å². The second-order valence-electron chi connectivity index (χ2n) is 3.48. The van der Waals surface area contributed by atoms with E-state index in [1.807, 2.05) is 7.05 Å². The Hall–Kier alpha value is -0.850. The van der Waals surface area contributed by atoms with Gasteiger partial charge in [-0.15, -0.1) is 10.2 Å². The van der Waals surface area contributed by atoms with E-state index >= 15 is 0 Å². The highest BCUT2D eigenvalue weighted by atomic mass is 79.9. The molecule has 0 fully saturated rings.